The fraction of sp³-hybridized carbons (Fsp3) is 0.591. The highest BCUT2D eigenvalue weighted by Gasteiger charge is 2.78. The number of ketones is 1. The number of amides is 1. The molecular weight excluding hydrogens is 1080 g/mol. The molecule has 1 aliphatic heterocycles. The number of fused-ring (bicyclic) bond motifs is 5. The summed E-state index contributed by atoms with van der Waals surface area (Å²) in [4.78, 5) is 101. The monoisotopic (exact) mass is 1170 g/mol. The number of esters is 5. The summed E-state index contributed by atoms with van der Waals surface area (Å²) in [5, 5.41) is 29.2. The SMILES string of the molecule is CC/C=C\C/C=C\C/C=C\C/C=C\C/C=C\CCCC(=O)O[C@@H](C(=O)O[C@H]1C[C@@]2(O)C(OC(=O)c3ccccc3OC)C3[C@](C)(C(=O)[C@H](OC(=O)C4CC4)C(=C1C)C2(C)C)[C@@H](O)C[C@H]1OC[C@@]31OC(C)=O)[C@H](C=C(C)C)NC(=O)OC(C)(C)C. The number of Topliss-reactive ketones (excluding diaryl/α,β-unsaturated/α-hetero) is 1. The number of para-hydroxylation sites is 1. The molecule has 0 aromatic heterocycles. The van der Waals surface area contributed by atoms with Crippen LogP contribution in [-0.2, 0) is 57.1 Å². The Labute approximate surface area is 495 Å². The molecule has 84 heavy (non-hydrogen) atoms. The summed E-state index contributed by atoms with van der Waals surface area (Å²) in [7, 11) is 1.35. The summed E-state index contributed by atoms with van der Waals surface area (Å²) in [6.07, 6.45) is 16.7. The van der Waals surface area contributed by atoms with E-state index in [1.54, 1.807) is 67.5 Å². The first-order valence-corrected chi connectivity index (χ1v) is 29.5. The van der Waals surface area contributed by atoms with Crippen LogP contribution in [0.25, 0.3) is 0 Å². The first-order valence-electron chi connectivity index (χ1n) is 29.5. The number of alkyl carbamates (subject to hydrolysis) is 1. The van der Waals surface area contributed by atoms with Crippen LogP contribution in [0.5, 0.6) is 5.75 Å². The van der Waals surface area contributed by atoms with E-state index in [1.807, 2.05) is 12.2 Å². The molecule has 3 saturated carbocycles. The molecule has 4 fully saturated rings. The minimum atomic E-state index is -2.49. The van der Waals surface area contributed by atoms with Crippen molar-refractivity contribution in [2.75, 3.05) is 13.7 Å². The number of allylic oxidation sites excluding steroid dienone is 11. The lowest BCUT2D eigenvalue weighted by Gasteiger charge is -2.67. The third-order valence-electron chi connectivity index (χ3n) is 16.5. The highest BCUT2D eigenvalue weighted by atomic mass is 16.6. The highest BCUT2D eigenvalue weighted by Crippen LogP contribution is 2.64. The number of carbonyl (C=O) groups is 7. The molecule has 2 bridgehead atoms. The van der Waals surface area contributed by atoms with E-state index in [2.05, 4.69) is 60.8 Å². The third-order valence-corrected chi connectivity index (χ3v) is 16.5. The van der Waals surface area contributed by atoms with Crippen LogP contribution >= 0.6 is 0 Å². The van der Waals surface area contributed by atoms with Crippen LogP contribution < -0.4 is 10.1 Å². The average Bonchev–Trinajstić information content (AvgIpc) is 0.784. The van der Waals surface area contributed by atoms with E-state index >= 15 is 9.59 Å². The number of methoxy groups -OCH3 is 1. The van der Waals surface area contributed by atoms with Crippen LogP contribution in [0.4, 0.5) is 4.79 Å². The summed E-state index contributed by atoms with van der Waals surface area (Å²) in [6, 6.07) is 4.77. The molecule has 4 aliphatic carbocycles. The summed E-state index contributed by atoms with van der Waals surface area (Å²) < 4.78 is 48.7. The van der Waals surface area contributed by atoms with Gasteiger partial charge >= 0.3 is 35.9 Å². The van der Waals surface area contributed by atoms with Crippen LogP contribution in [0, 0.1) is 22.7 Å². The Morgan fingerprint density at radius 1 is 0.857 bits per heavy atom. The van der Waals surface area contributed by atoms with Gasteiger partial charge in [0.15, 0.2) is 17.5 Å². The zero-order chi connectivity index (χ0) is 61.8. The number of nitrogens with one attached hydrogen (secondary N) is 1. The number of hydrogen-bond acceptors (Lipinski definition) is 17. The lowest BCUT2D eigenvalue weighted by molar-refractivity contribution is -0.346. The van der Waals surface area contributed by atoms with Crippen molar-refractivity contribution in [2.24, 2.45) is 22.7 Å². The molecule has 3 N–H and O–H groups in total. The number of aliphatic hydroxyl groups is 2. The first-order chi connectivity index (χ1) is 39.7. The number of rotatable bonds is 25. The Balaban J connectivity index is 1.38. The second kappa shape index (κ2) is 28.5. The zero-order valence-electron chi connectivity index (χ0n) is 51.1. The molecule has 1 aromatic carbocycles. The number of ether oxygens (including phenoxy) is 8. The van der Waals surface area contributed by atoms with Crippen molar-refractivity contribution >= 4 is 41.7 Å². The summed E-state index contributed by atoms with van der Waals surface area (Å²) >= 11 is 0. The first kappa shape index (κ1) is 66.5. The van der Waals surface area contributed by atoms with Gasteiger partial charge in [-0.25, -0.2) is 14.4 Å². The van der Waals surface area contributed by atoms with Crippen LogP contribution in [-0.4, -0.2) is 125 Å². The van der Waals surface area contributed by atoms with E-state index in [0.29, 0.717) is 37.7 Å². The Kier molecular flexibility index (Phi) is 22.6. The smallest absolute Gasteiger partial charge is 0.408 e. The lowest BCUT2D eigenvalue weighted by Crippen LogP contribution is -2.82. The predicted molar refractivity (Wildman–Crippen MR) is 313 cm³/mol. The highest BCUT2D eigenvalue weighted by molar-refractivity contribution is 5.96. The van der Waals surface area contributed by atoms with Crippen LogP contribution in [0.15, 0.2) is 108 Å². The van der Waals surface area contributed by atoms with Gasteiger partial charge in [-0.05, 0) is 130 Å². The quantitative estimate of drug-likeness (QED) is 0.0357. The van der Waals surface area contributed by atoms with Crippen molar-refractivity contribution in [1.82, 2.24) is 5.32 Å². The van der Waals surface area contributed by atoms with Crippen molar-refractivity contribution < 1.29 is 81.7 Å². The van der Waals surface area contributed by atoms with E-state index in [1.165, 1.54) is 32.2 Å². The zero-order valence-corrected chi connectivity index (χ0v) is 51.1. The Morgan fingerprint density at radius 3 is 2.01 bits per heavy atom. The number of unbranched alkanes of at least 4 members (excludes halogenated alkanes) is 1. The summed E-state index contributed by atoms with van der Waals surface area (Å²) in [5.41, 5.74) is -8.51. The molecule has 0 radical (unpaired) electrons. The van der Waals surface area contributed by atoms with Gasteiger partial charge in [-0.3, -0.25) is 19.2 Å². The molecule has 2 unspecified atom stereocenters. The molecule has 18 nitrogen and oxygen atoms in total. The average molecular weight is 1170 g/mol. The maximum Gasteiger partial charge on any atom is 0.408 e. The molecule has 11 atom stereocenters. The van der Waals surface area contributed by atoms with Gasteiger partial charge in [-0.2, -0.15) is 0 Å². The largest absolute Gasteiger partial charge is 0.496 e. The maximum atomic E-state index is 16.1. The van der Waals surface area contributed by atoms with Gasteiger partial charge in [0.1, 0.15) is 40.8 Å². The fourth-order valence-corrected chi connectivity index (χ4v) is 12.0. The van der Waals surface area contributed by atoms with Crippen LogP contribution in [0.2, 0.25) is 0 Å². The molecule has 5 aliphatic rings. The number of carbonyl (C=O) groups excluding carboxylic acids is 7. The van der Waals surface area contributed by atoms with E-state index < -0.39 is 130 Å². The molecule has 1 amide bonds. The number of aliphatic hydroxyl groups excluding tert-OH is 1. The second-order valence-corrected chi connectivity index (χ2v) is 24.5. The molecular formula is C66H89NO17. The minimum absolute atomic E-state index is 0.0110. The Bertz CT molecular complexity index is 2790. The molecule has 0 spiro atoms. The van der Waals surface area contributed by atoms with Gasteiger partial charge in [0.25, 0.3) is 0 Å². The van der Waals surface area contributed by atoms with E-state index in [-0.39, 0.29) is 41.9 Å². The normalized spacial score (nSPS) is 28.1. The molecule has 18 heteroatoms. The maximum absolute atomic E-state index is 16.1. The minimum Gasteiger partial charge on any atom is -0.496 e. The van der Waals surface area contributed by atoms with Gasteiger partial charge in [-0.1, -0.05) is 105 Å². The van der Waals surface area contributed by atoms with Crippen molar-refractivity contribution in [2.45, 2.75) is 213 Å². The van der Waals surface area contributed by atoms with Crippen molar-refractivity contribution in [1.29, 1.82) is 0 Å². The molecule has 1 aromatic rings. The lowest BCUT2D eigenvalue weighted by atomic mass is 9.44. The van der Waals surface area contributed by atoms with E-state index in [9.17, 15) is 34.2 Å². The topological polar surface area (TPSA) is 246 Å². The Morgan fingerprint density at radius 2 is 1.46 bits per heavy atom. The van der Waals surface area contributed by atoms with Gasteiger partial charge in [0.05, 0.1) is 43.1 Å². The van der Waals surface area contributed by atoms with E-state index in [4.69, 9.17) is 37.9 Å². The molecule has 1 saturated heterocycles. The third kappa shape index (κ3) is 15.4. The number of hydrogen-bond donors (Lipinski definition) is 3. The molecule has 460 valence electrons. The van der Waals surface area contributed by atoms with Crippen LogP contribution in [0.3, 0.4) is 0 Å². The van der Waals surface area contributed by atoms with Gasteiger partial charge < -0.3 is 53.4 Å². The molecule has 6 rings (SSSR count). The standard InChI is InChI=1S/C66H89NO17/c1-13-14-15-16-17-18-19-20-21-22-23-24-25-26-27-28-29-34-51(70)80-53(46(37-41(2)3)67-61(75)84-62(6,7)8)60(74)79-48-39-66(76)57(82-59(73)45-32-30-31-33-47(45)77-12)55-64(11,49(69)38-50-65(55,40-78-50)83-43(5)68)56(71)54(81-58(72)44-35-36-44)52(42(48)4)63(66,9)10/h14-15,17-18,20-21,23-24,26-27,30-33,37,44,46,48-50,53-55,57,69,76H,13,16,19,22,25,28-29,34-36,38-40H2,1-12H3,(H,67,75)/b15-14-,18-17-,21-20-,24-23-,27-26-/t46-,48-,49-,50+,53+,54+,55?,57?,64+,65-,66+/m0/s1. The van der Waals surface area contributed by atoms with Crippen molar-refractivity contribution in [3.8, 4) is 5.75 Å². The van der Waals surface area contributed by atoms with E-state index in [0.717, 1.165) is 32.6 Å². The molecule has 1 heterocycles. The second-order valence-electron chi connectivity index (χ2n) is 24.5. The van der Waals surface area contributed by atoms with Gasteiger partial charge in [0.2, 0.25) is 6.10 Å². The fourth-order valence-electron chi connectivity index (χ4n) is 12.0. The Hall–Kier alpha value is -6.63. The number of benzene rings is 1. The van der Waals surface area contributed by atoms with Crippen molar-refractivity contribution in [3.63, 3.8) is 0 Å². The predicted octanol–water partition coefficient (Wildman–Crippen LogP) is 10.3. The van der Waals surface area contributed by atoms with Crippen molar-refractivity contribution in [3.05, 3.63) is 113 Å². The summed E-state index contributed by atoms with van der Waals surface area (Å²) in [6.45, 7) is 17.4. The van der Waals surface area contributed by atoms with Gasteiger partial charge in [-0.15, -0.1) is 0 Å². The summed E-state index contributed by atoms with van der Waals surface area (Å²) in [5.74, 6) is -7.49. The van der Waals surface area contributed by atoms with Crippen LogP contribution in [0.1, 0.15) is 164 Å². The van der Waals surface area contributed by atoms with Gasteiger partial charge in [0, 0.05) is 31.6 Å².